The second kappa shape index (κ2) is 9.98. The van der Waals surface area contributed by atoms with Crippen molar-refractivity contribution in [3.05, 3.63) is 33.4 Å². The zero-order valence-corrected chi connectivity index (χ0v) is 18.6. The summed E-state index contributed by atoms with van der Waals surface area (Å²) in [5, 5.41) is 11.3. The number of alkyl halides is 3. The highest BCUT2D eigenvalue weighted by Gasteiger charge is 2.34. The molecule has 1 aromatic carbocycles. The molecule has 8 nitrogen and oxygen atoms in total. The predicted octanol–water partition coefficient (Wildman–Crippen LogP) is 4.08. The van der Waals surface area contributed by atoms with Gasteiger partial charge in [0.2, 0.25) is 4.90 Å². The molecule has 1 aromatic heterocycles. The Hall–Kier alpha value is -2.15. The Kier molecular flexibility index (Phi) is 8.09. The number of nitrogens with two attached hydrogens (primary N) is 1. The molecule has 0 saturated carbocycles. The van der Waals surface area contributed by atoms with Crippen LogP contribution in [0.15, 0.2) is 17.0 Å². The van der Waals surface area contributed by atoms with Crippen LogP contribution in [0.4, 0.5) is 19.0 Å². The normalized spacial score (nSPS) is 12.5. The Bertz CT molecular complexity index is 975. The average Bonchev–Trinajstić information content (AvgIpc) is 3.00. The lowest BCUT2D eigenvalue weighted by molar-refractivity contribution is -0.148. The number of benzene rings is 1. The number of aromatic nitrogens is 2. The van der Waals surface area contributed by atoms with Gasteiger partial charge in [0.1, 0.15) is 11.9 Å². The van der Waals surface area contributed by atoms with E-state index in [1.54, 1.807) is 0 Å². The van der Waals surface area contributed by atoms with Crippen LogP contribution in [0, 0.1) is 5.41 Å². The standard InChI is InChI=1S/C17H18Cl2F3N5O3S/c1-3-4-5-11(28)30-26-15(23)12-14(31(2)29)16(24)27(25-12)13-9(18)6-8(7-10(13)19)17(20,21)22/h6-7H,3-5,24H2,1-2H3,(H2,23,26). The Morgan fingerprint density at radius 3 is 2.45 bits per heavy atom. The number of nitrogen functional groups attached to an aromatic ring is 1. The summed E-state index contributed by atoms with van der Waals surface area (Å²) in [6.07, 6.45) is -1.95. The second-order valence-corrected chi connectivity index (χ2v) is 8.40. The minimum atomic E-state index is -4.68. The molecule has 1 atom stereocenters. The van der Waals surface area contributed by atoms with Gasteiger partial charge < -0.3 is 15.1 Å². The number of rotatable bonds is 6. The number of nitrogens with one attached hydrogen (secondary N) is 2. The molecule has 0 amide bonds. The Balaban J connectivity index is 2.46. The summed E-state index contributed by atoms with van der Waals surface area (Å²) in [7, 11) is 0. The number of hydrogen-bond acceptors (Lipinski definition) is 6. The molecular weight excluding hydrogens is 482 g/mol. The highest BCUT2D eigenvalue weighted by Crippen LogP contribution is 2.39. The van der Waals surface area contributed by atoms with E-state index >= 15 is 0 Å². The maximum absolute atomic E-state index is 13.0. The molecule has 0 aliphatic rings. The molecule has 31 heavy (non-hydrogen) atoms. The lowest BCUT2D eigenvalue weighted by Crippen LogP contribution is -2.28. The summed E-state index contributed by atoms with van der Waals surface area (Å²) >= 11 is 10.2. The number of carbonyl (C=O) groups excluding carboxylic acids is 1. The summed E-state index contributed by atoms with van der Waals surface area (Å²) in [5.41, 5.74) is 6.57. The number of anilines is 1. The van der Waals surface area contributed by atoms with E-state index in [1.165, 1.54) is 6.26 Å². The topological polar surface area (TPSA) is 129 Å². The highest BCUT2D eigenvalue weighted by molar-refractivity contribution is 7.91. The van der Waals surface area contributed by atoms with E-state index < -0.39 is 44.8 Å². The average molecular weight is 500 g/mol. The molecule has 0 bridgehead atoms. The van der Waals surface area contributed by atoms with Crippen molar-refractivity contribution >= 4 is 52.0 Å². The van der Waals surface area contributed by atoms with Crippen molar-refractivity contribution in [1.82, 2.24) is 15.3 Å². The lowest BCUT2D eigenvalue weighted by Gasteiger charge is -2.13. The minimum absolute atomic E-state index is 0.117. The zero-order chi connectivity index (χ0) is 23.5. The van der Waals surface area contributed by atoms with Crippen molar-refractivity contribution in [3.63, 3.8) is 0 Å². The molecule has 0 fully saturated rings. The van der Waals surface area contributed by atoms with Crippen molar-refractivity contribution in [2.45, 2.75) is 37.3 Å². The van der Waals surface area contributed by atoms with Gasteiger partial charge in [0, 0.05) is 6.42 Å². The van der Waals surface area contributed by atoms with Crippen molar-refractivity contribution in [1.29, 1.82) is 5.41 Å². The van der Waals surface area contributed by atoms with Crippen molar-refractivity contribution < 1.29 is 27.4 Å². The van der Waals surface area contributed by atoms with E-state index in [0.29, 0.717) is 18.6 Å². The molecule has 0 radical (unpaired) electrons. The monoisotopic (exact) mass is 499 g/mol. The van der Waals surface area contributed by atoms with Gasteiger partial charge in [-0.05, 0) is 29.7 Å². The smallest absolute Gasteiger partial charge is 0.416 e. The third-order valence-electron chi connectivity index (χ3n) is 3.96. The minimum Gasteiger partial charge on any atom is -0.611 e. The number of hydroxylamine groups is 1. The summed E-state index contributed by atoms with van der Waals surface area (Å²) < 4.78 is 52.0. The third-order valence-corrected chi connectivity index (χ3v) is 5.51. The van der Waals surface area contributed by atoms with Crippen LogP contribution in [0.25, 0.3) is 5.69 Å². The number of amidine groups is 1. The van der Waals surface area contributed by atoms with Crippen LogP contribution >= 0.6 is 23.2 Å². The van der Waals surface area contributed by atoms with E-state index in [0.717, 1.165) is 11.1 Å². The predicted molar refractivity (Wildman–Crippen MR) is 111 cm³/mol. The summed E-state index contributed by atoms with van der Waals surface area (Å²) in [6, 6.07) is 1.29. The van der Waals surface area contributed by atoms with Gasteiger partial charge in [-0.15, -0.1) is 0 Å². The van der Waals surface area contributed by atoms with Crippen LogP contribution in [0.1, 0.15) is 37.4 Å². The summed E-state index contributed by atoms with van der Waals surface area (Å²) in [6.45, 7) is 1.89. The number of nitrogens with zero attached hydrogens (tertiary/aromatic N) is 2. The van der Waals surface area contributed by atoms with Crippen LogP contribution < -0.4 is 11.2 Å². The van der Waals surface area contributed by atoms with Crippen LogP contribution in [-0.4, -0.2) is 32.4 Å². The fourth-order valence-electron chi connectivity index (χ4n) is 2.49. The molecule has 1 heterocycles. The first-order valence-corrected chi connectivity index (χ1v) is 11.0. The Morgan fingerprint density at radius 2 is 1.97 bits per heavy atom. The molecule has 170 valence electrons. The van der Waals surface area contributed by atoms with Crippen molar-refractivity contribution in [3.8, 4) is 5.69 Å². The fraction of sp³-hybridized carbons (Fsp3) is 0.353. The maximum atomic E-state index is 13.0. The zero-order valence-electron chi connectivity index (χ0n) is 16.3. The van der Waals surface area contributed by atoms with E-state index in [-0.39, 0.29) is 28.5 Å². The quantitative estimate of drug-likeness (QED) is 0.237. The molecule has 1 unspecified atom stereocenters. The first kappa shape index (κ1) is 25.1. The molecule has 2 rings (SSSR count). The van der Waals surface area contributed by atoms with E-state index in [1.807, 2.05) is 6.92 Å². The van der Waals surface area contributed by atoms with Gasteiger partial charge in [-0.25, -0.2) is 9.48 Å². The van der Waals surface area contributed by atoms with Gasteiger partial charge in [-0.2, -0.15) is 23.8 Å². The van der Waals surface area contributed by atoms with Gasteiger partial charge in [0.05, 0.1) is 15.6 Å². The molecule has 0 saturated heterocycles. The number of hydrogen-bond donors (Lipinski definition) is 3. The first-order valence-electron chi connectivity index (χ1n) is 8.71. The van der Waals surface area contributed by atoms with Gasteiger partial charge in [0.15, 0.2) is 17.3 Å². The van der Waals surface area contributed by atoms with Crippen molar-refractivity contribution in [2.24, 2.45) is 0 Å². The fourth-order valence-corrected chi connectivity index (χ4v) is 3.94. The van der Waals surface area contributed by atoms with Crippen molar-refractivity contribution in [2.75, 3.05) is 12.0 Å². The van der Waals surface area contributed by atoms with Crippen LogP contribution in [-0.2, 0) is 27.0 Å². The Morgan fingerprint density at radius 1 is 1.39 bits per heavy atom. The van der Waals surface area contributed by atoms with Gasteiger partial charge >= 0.3 is 12.1 Å². The SMILES string of the molecule is CCCCC(=O)ONC(=N)c1nn(-c2c(Cl)cc(C(F)(F)F)cc2Cl)c(N)c1[S+](C)[O-]. The summed E-state index contributed by atoms with van der Waals surface area (Å²) in [4.78, 5) is 16.3. The van der Waals surface area contributed by atoms with Gasteiger partial charge in [-0.1, -0.05) is 36.5 Å². The third kappa shape index (κ3) is 5.76. The number of carbonyl (C=O) groups is 1. The van der Waals surface area contributed by atoms with E-state index in [2.05, 4.69) is 10.6 Å². The number of halogens is 5. The lowest BCUT2D eigenvalue weighted by atomic mass is 10.2. The van der Waals surface area contributed by atoms with Gasteiger partial charge in [0.25, 0.3) is 0 Å². The summed E-state index contributed by atoms with van der Waals surface area (Å²) in [5.74, 6) is -1.42. The highest BCUT2D eigenvalue weighted by atomic mass is 35.5. The largest absolute Gasteiger partial charge is 0.611 e. The maximum Gasteiger partial charge on any atom is 0.416 e. The second-order valence-electron chi connectivity index (χ2n) is 6.27. The van der Waals surface area contributed by atoms with Crippen LogP contribution in [0.2, 0.25) is 10.0 Å². The van der Waals surface area contributed by atoms with Gasteiger partial charge in [-0.3, -0.25) is 5.41 Å². The molecular formula is C17H18Cl2F3N5O3S. The molecule has 14 heteroatoms. The molecule has 2 aromatic rings. The Labute approximate surface area is 188 Å². The number of unbranched alkanes of at least 4 members (excludes halogenated alkanes) is 1. The van der Waals surface area contributed by atoms with E-state index in [9.17, 15) is 22.5 Å². The first-order chi connectivity index (χ1) is 14.4. The van der Waals surface area contributed by atoms with Crippen LogP contribution in [0.5, 0.6) is 0 Å². The molecule has 4 N–H and O–H groups in total. The molecule has 0 spiro atoms. The molecule has 0 aliphatic carbocycles. The molecule has 0 aliphatic heterocycles. The van der Waals surface area contributed by atoms with E-state index in [4.69, 9.17) is 39.2 Å². The van der Waals surface area contributed by atoms with Crippen LogP contribution in [0.3, 0.4) is 0 Å².